The van der Waals surface area contributed by atoms with E-state index in [2.05, 4.69) is 5.92 Å². The van der Waals surface area contributed by atoms with Crippen molar-refractivity contribution in [3.63, 3.8) is 0 Å². The van der Waals surface area contributed by atoms with Crippen LogP contribution in [0, 0.1) is 12.3 Å². The van der Waals surface area contributed by atoms with E-state index in [-0.39, 0.29) is 6.54 Å². The van der Waals surface area contributed by atoms with Crippen LogP contribution in [0.5, 0.6) is 0 Å². The Balaban J connectivity index is 4.05. The largest absolute Gasteiger partial charge is 0.478 e. The van der Waals surface area contributed by atoms with E-state index < -0.39 is 11.9 Å². The Labute approximate surface area is 70.5 Å². The maximum absolute atomic E-state index is 10.9. The van der Waals surface area contributed by atoms with Crippen LogP contribution in [0.3, 0.4) is 0 Å². The van der Waals surface area contributed by atoms with Crippen LogP contribution in [0.15, 0.2) is 12.2 Å². The van der Waals surface area contributed by atoms with E-state index in [0.717, 1.165) is 12.2 Å². The fourth-order valence-electron chi connectivity index (χ4n) is 0.485. The number of hydrogen-bond acceptors (Lipinski definition) is 2. The molecule has 12 heavy (non-hydrogen) atoms. The van der Waals surface area contributed by atoms with Gasteiger partial charge >= 0.3 is 5.97 Å². The lowest BCUT2D eigenvalue weighted by molar-refractivity contribution is -0.132. The molecule has 0 unspecified atom stereocenters. The van der Waals surface area contributed by atoms with Gasteiger partial charge < -0.3 is 10.0 Å². The highest BCUT2D eigenvalue weighted by atomic mass is 16.4. The lowest BCUT2D eigenvalue weighted by atomic mass is 10.4. The number of carbonyl (C=O) groups excluding carboxylic acids is 1. The third-order valence-electron chi connectivity index (χ3n) is 1.07. The second-order valence-electron chi connectivity index (χ2n) is 2.07. The Morgan fingerprint density at radius 2 is 2.17 bits per heavy atom. The predicted octanol–water partition coefficient (Wildman–Crippen LogP) is -0.281. The van der Waals surface area contributed by atoms with Gasteiger partial charge in [0.1, 0.15) is 0 Å². The molecular formula is C8H9NO3. The van der Waals surface area contributed by atoms with Gasteiger partial charge in [0, 0.05) is 19.2 Å². The van der Waals surface area contributed by atoms with E-state index in [1.807, 2.05) is 0 Å². The molecule has 0 aliphatic carbocycles. The standard InChI is InChI=1S/C8H9NO3/c1-3-6-9(2)7(10)4-5-8(11)12/h1,4-5H,6H2,2H3,(H,11,12)/b5-4+. The molecule has 0 aromatic heterocycles. The first-order valence-corrected chi connectivity index (χ1v) is 3.17. The molecular weight excluding hydrogens is 158 g/mol. The van der Waals surface area contributed by atoms with Gasteiger partial charge in [0.25, 0.3) is 0 Å². The van der Waals surface area contributed by atoms with Crippen molar-refractivity contribution < 1.29 is 14.7 Å². The van der Waals surface area contributed by atoms with Gasteiger partial charge in [-0.2, -0.15) is 0 Å². The van der Waals surface area contributed by atoms with Gasteiger partial charge in [-0.3, -0.25) is 4.79 Å². The highest BCUT2D eigenvalue weighted by Gasteiger charge is 2.02. The first kappa shape index (κ1) is 10.2. The second-order valence-corrected chi connectivity index (χ2v) is 2.07. The minimum absolute atomic E-state index is 0.169. The molecule has 64 valence electrons. The van der Waals surface area contributed by atoms with Crippen molar-refractivity contribution in [1.82, 2.24) is 4.90 Å². The molecule has 0 spiro atoms. The minimum atomic E-state index is -1.16. The molecule has 0 bridgehead atoms. The van der Waals surface area contributed by atoms with Crippen LogP contribution in [0.25, 0.3) is 0 Å². The molecule has 0 rings (SSSR count). The molecule has 1 amide bonds. The van der Waals surface area contributed by atoms with Crippen molar-refractivity contribution in [2.45, 2.75) is 0 Å². The van der Waals surface area contributed by atoms with Gasteiger partial charge in [-0.25, -0.2) is 4.79 Å². The molecule has 4 nitrogen and oxygen atoms in total. The van der Waals surface area contributed by atoms with Crippen molar-refractivity contribution in [2.75, 3.05) is 13.6 Å². The summed E-state index contributed by atoms with van der Waals surface area (Å²) in [5.74, 6) is 0.684. The molecule has 0 radical (unpaired) electrons. The number of amides is 1. The zero-order valence-corrected chi connectivity index (χ0v) is 6.65. The Bertz CT molecular complexity index is 250. The predicted molar refractivity (Wildman–Crippen MR) is 43.2 cm³/mol. The molecule has 4 heteroatoms. The molecule has 1 N–H and O–H groups in total. The molecule has 0 aliphatic heterocycles. The summed E-state index contributed by atoms with van der Waals surface area (Å²) in [6.07, 6.45) is 6.67. The molecule has 0 aromatic rings. The van der Waals surface area contributed by atoms with Crippen molar-refractivity contribution in [3.05, 3.63) is 12.2 Å². The van der Waals surface area contributed by atoms with Gasteiger partial charge in [0.15, 0.2) is 0 Å². The Morgan fingerprint density at radius 1 is 1.58 bits per heavy atom. The Hall–Kier alpha value is -1.76. The molecule has 0 saturated carbocycles. The SMILES string of the molecule is C#CCN(C)C(=O)/C=C/C(=O)O. The van der Waals surface area contributed by atoms with Crippen molar-refractivity contribution in [3.8, 4) is 12.3 Å². The third-order valence-corrected chi connectivity index (χ3v) is 1.07. The van der Waals surface area contributed by atoms with Gasteiger partial charge in [0.05, 0.1) is 6.54 Å². The van der Waals surface area contributed by atoms with Crippen molar-refractivity contribution >= 4 is 11.9 Å². The number of aliphatic carboxylic acids is 1. The van der Waals surface area contributed by atoms with Crippen LogP contribution < -0.4 is 0 Å². The molecule has 0 aliphatic rings. The highest BCUT2D eigenvalue weighted by Crippen LogP contribution is 1.85. The number of carboxylic acids is 1. The summed E-state index contributed by atoms with van der Waals surface area (Å²) in [5.41, 5.74) is 0. The first-order chi connectivity index (χ1) is 5.57. The van der Waals surface area contributed by atoms with E-state index >= 15 is 0 Å². The number of hydrogen-bond donors (Lipinski definition) is 1. The summed E-state index contributed by atoms with van der Waals surface area (Å²) in [7, 11) is 1.49. The van der Waals surface area contributed by atoms with Crippen LogP contribution in [0.4, 0.5) is 0 Å². The van der Waals surface area contributed by atoms with Gasteiger partial charge in [-0.05, 0) is 0 Å². The first-order valence-electron chi connectivity index (χ1n) is 3.17. The summed E-state index contributed by atoms with van der Waals surface area (Å²) < 4.78 is 0. The smallest absolute Gasteiger partial charge is 0.328 e. The lowest BCUT2D eigenvalue weighted by Crippen LogP contribution is -2.25. The molecule has 0 atom stereocenters. The average molecular weight is 167 g/mol. The normalized spacial score (nSPS) is 9.33. The highest BCUT2D eigenvalue weighted by molar-refractivity contribution is 5.93. The van der Waals surface area contributed by atoms with Gasteiger partial charge in [-0.15, -0.1) is 6.42 Å². The summed E-state index contributed by atoms with van der Waals surface area (Å²) >= 11 is 0. The number of likely N-dealkylation sites (N-methyl/N-ethyl adjacent to an activating group) is 1. The van der Waals surface area contributed by atoms with Crippen LogP contribution in [0.1, 0.15) is 0 Å². The van der Waals surface area contributed by atoms with Crippen LogP contribution >= 0.6 is 0 Å². The fraction of sp³-hybridized carbons (Fsp3) is 0.250. The summed E-state index contributed by atoms with van der Waals surface area (Å²) in [6, 6.07) is 0. The average Bonchev–Trinajstić information content (AvgIpc) is 2.00. The quantitative estimate of drug-likeness (QED) is 0.464. The summed E-state index contributed by atoms with van der Waals surface area (Å²) in [5, 5.41) is 8.18. The maximum Gasteiger partial charge on any atom is 0.328 e. The second kappa shape index (κ2) is 4.97. The zero-order chi connectivity index (χ0) is 9.56. The van der Waals surface area contributed by atoms with Crippen LogP contribution in [-0.4, -0.2) is 35.5 Å². The van der Waals surface area contributed by atoms with Gasteiger partial charge in [0.2, 0.25) is 5.91 Å². The van der Waals surface area contributed by atoms with Crippen LogP contribution in [0.2, 0.25) is 0 Å². The molecule has 0 heterocycles. The van der Waals surface area contributed by atoms with Crippen molar-refractivity contribution in [1.29, 1.82) is 0 Å². The number of carbonyl (C=O) groups is 2. The number of rotatable bonds is 3. The summed E-state index contributed by atoms with van der Waals surface area (Å²) in [6.45, 7) is 0.169. The Morgan fingerprint density at radius 3 is 2.58 bits per heavy atom. The van der Waals surface area contributed by atoms with E-state index in [1.165, 1.54) is 11.9 Å². The van der Waals surface area contributed by atoms with E-state index in [1.54, 1.807) is 0 Å². The third kappa shape index (κ3) is 4.12. The topological polar surface area (TPSA) is 57.6 Å². The van der Waals surface area contributed by atoms with Crippen molar-refractivity contribution in [2.24, 2.45) is 0 Å². The lowest BCUT2D eigenvalue weighted by Gasteiger charge is -2.09. The Kier molecular flexibility index (Phi) is 4.24. The van der Waals surface area contributed by atoms with E-state index in [0.29, 0.717) is 0 Å². The molecule has 0 saturated heterocycles. The molecule has 0 fully saturated rings. The number of carboxylic acid groups (broad SMARTS) is 1. The van der Waals surface area contributed by atoms with Crippen LogP contribution in [-0.2, 0) is 9.59 Å². The van der Waals surface area contributed by atoms with E-state index in [9.17, 15) is 9.59 Å². The van der Waals surface area contributed by atoms with Gasteiger partial charge in [-0.1, -0.05) is 5.92 Å². The number of terminal acetylenes is 1. The fourth-order valence-corrected chi connectivity index (χ4v) is 0.485. The summed E-state index contributed by atoms with van der Waals surface area (Å²) in [4.78, 5) is 22.1. The maximum atomic E-state index is 10.9. The number of nitrogens with zero attached hydrogens (tertiary/aromatic N) is 1. The van der Waals surface area contributed by atoms with E-state index in [4.69, 9.17) is 11.5 Å². The molecule has 0 aromatic carbocycles. The monoisotopic (exact) mass is 167 g/mol. The minimum Gasteiger partial charge on any atom is -0.478 e. The zero-order valence-electron chi connectivity index (χ0n) is 6.65.